The van der Waals surface area contributed by atoms with Crippen LogP contribution in [0.4, 0.5) is 5.69 Å². The molecule has 1 atom stereocenters. The summed E-state index contributed by atoms with van der Waals surface area (Å²) in [7, 11) is 1.58. The Balaban J connectivity index is 1.44. The Morgan fingerprint density at radius 2 is 1.75 bits per heavy atom. The average Bonchev–Trinajstić information content (AvgIpc) is 3.33. The molecule has 0 spiro atoms. The molecule has 2 amide bonds. The van der Waals surface area contributed by atoms with Crippen molar-refractivity contribution in [2.45, 2.75) is 31.7 Å². The number of rotatable bonds is 6. The lowest BCUT2D eigenvalue weighted by Gasteiger charge is -2.40. The predicted octanol–water partition coefficient (Wildman–Crippen LogP) is 4.30. The zero-order valence-electron chi connectivity index (χ0n) is 18.4. The molecule has 1 heterocycles. The number of piperazine rings is 1. The summed E-state index contributed by atoms with van der Waals surface area (Å²) in [6.45, 7) is 2.52. The number of ether oxygens (including phenoxy) is 1. The molecule has 1 saturated heterocycles. The van der Waals surface area contributed by atoms with Crippen molar-refractivity contribution in [1.29, 1.82) is 0 Å². The van der Waals surface area contributed by atoms with Crippen LogP contribution < -0.4 is 10.1 Å². The zero-order chi connectivity index (χ0) is 22.5. The minimum Gasteiger partial charge on any atom is -0.496 e. The number of methoxy groups -OCH3 is 1. The van der Waals surface area contributed by atoms with Gasteiger partial charge in [0.15, 0.2) is 0 Å². The van der Waals surface area contributed by atoms with Gasteiger partial charge in [-0.05, 0) is 49.1 Å². The Morgan fingerprint density at radius 1 is 1.03 bits per heavy atom. The molecule has 0 radical (unpaired) electrons. The van der Waals surface area contributed by atoms with Crippen LogP contribution in [-0.4, -0.2) is 60.9 Å². The summed E-state index contributed by atoms with van der Waals surface area (Å²) in [5, 5.41) is 3.67. The normalized spacial score (nSPS) is 18.4. The Hall–Kier alpha value is -2.57. The van der Waals surface area contributed by atoms with Crippen molar-refractivity contribution in [1.82, 2.24) is 9.80 Å². The molecule has 0 aromatic heterocycles. The van der Waals surface area contributed by atoms with Crippen LogP contribution in [0.3, 0.4) is 0 Å². The first-order valence-corrected chi connectivity index (χ1v) is 11.7. The Kier molecular flexibility index (Phi) is 7.33. The molecule has 2 aromatic carbocycles. The largest absolute Gasteiger partial charge is 0.496 e. The number of carbonyl (C=O) groups is 2. The zero-order valence-corrected chi connectivity index (χ0v) is 19.2. The molecule has 1 N–H and O–H groups in total. The van der Waals surface area contributed by atoms with E-state index in [2.05, 4.69) is 10.2 Å². The van der Waals surface area contributed by atoms with E-state index in [9.17, 15) is 9.59 Å². The number of hydrogen-bond acceptors (Lipinski definition) is 4. The highest BCUT2D eigenvalue weighted by Gasteiger charge is 2.37. The van der Waals surface area contributed by atoms with Gasteiger partial charge in [-0.15, -0.1) is 0 Å². The molecule has 1 aliphatic carbocycles. The minimum atomic E-state index is -0.194. The molecular formula is C25H30ClN3O3. The summed E-state index contributed by atoms with van der Waals surface area (Å²) in [5.74, 6) is 0.918. The summed E-state index contributed by atoms with van der Waals surface area (Å²) in [6, 6.07) is 14.4. The second-order valence-electron chi connectivity index (χ2n) is 8.52. The number of hydrogen-bond donors (Lipinski definition) is 1. The molecule has 4 rings (SSSR count). The van der Waals surface area contributed by atoms with Crippen LogP contribution in [0, 0.1) is 5.92 Å². The van der Waals surface area contributed by atoms with Crippen LogP contribution >= 0.6 is 11.6 Å². The van der Waals surface area contributed by atoms with Gasteiger partial charge < -0.3 is 15.0 Å². The maximum absolute atomic E-state index is 13.3. The quantitative estimate of drug-likeness (QED) is 0.705. The molecule has 1 saturated carbocycles. The third-order valence-electron chi connectivity index (χ3n) is 6.54. The molecule has 1 unspecified atom stereocenters. The van der Waals surface area contributed by atoms with Crippen LogP contribution in [0.1, 0.15) is 36.0 Å². The molecule has 0 bridgehead atoms. The van der Waals surface area contributed by atoms with Crippen LogP contribution in [0.25, 0.3) is 0 Å². The standard InChI is InChI=1S/C25H30ClN3O3/c1-32-22-12-5-4-11-21(22)25(31)29-15-13-28(14-16-29)23(18-7-2-3-8-18)24(30)27-20-10-6-9-19(26)17-20/h4-6,9-12,17-18,23H,2-3,7-8,13-16H2,1H3,(H,27,30). The van der Waals surface area contributed by atoms with Crippen molar-refractivity contribution < 1.29 is 14.3 Å². The van der Waals surface area contributed by atoms with Crippen LogP contribution in [0.5, 0.6) is 5.75 Å². The summed E-state index contributed by atoms with van der Waals surface area (Å²) >= 11 is 6.09. The van der Waals surface area contributed by atoms with E-state index < -0.39 is 0 Å². The number of nitrogens with zero attached hydrogens (tertiary/aromatic N) is 2. The van der Waals surface area contributed by atoms with Crippen molar-refractivity contribution in [2.75, 3.05) is 38.6 Å². The summed E-state index contributed by atoms with van der Waals surface area (Å²) in [6.07, 6.45) is 4.46. The van der Waals surface area contributed by atoms with E-state index in [1.807, 2.05) is 29.2 Å². The van der Waals surface area contributed by atoms with Gasteiger partial charge in [0.05, 0.1) is 18.7 Å². The number of benzene rings is 2. The fraction of sp³-hybridized carbons (Fsp3) is 0.440. The first-order chi connectivity index (χ1) is 15.6. The van der Waals surface area contributed by atoms with E-state index >= 15 is 0 Å². The lowest BCUT2D eigenvalue weighted by atomic mass is 9.94. The molecule has 7 heteroatoms. The molecule has 2 aromatic rings. The third kappa shape index (κ3) is 5.08. The summed E-state index contributed by atoms with van der Waals surface area (Å²) in [5.41, 5.74) is 1.30. The number of anilines is 1. The minimum absolute atomic E-state index is 0.0173. The van der Waals surface area contributed by atoms with E-state index in [1.54, 1.807) is 31.4 Å². The number of carbonyl (C=O) groups excluding carboxylic acids is 2. The average molecular weight is 456 g/mol. The number of halogens is 1. The smallest absolute Gasteiger partial charge is 0.257 e. The van der Waals surface area contributed by atoms with E-state index in [1.165, 1.54) is 0 Å². The predicted molar refractivity (Wildman–Crippen MR) is 126 cm³/mol. The summed E-state index contributed by atoms with van der Waals surface area (Å²) < 4.78 is 5.36. The molecule has 6 nitrogen and oxygen atoms in total. The van der Waals surface area contributed by atoms with Crippen molar-refractivity contribution in [3.63, 3.8) is 0 Å². The molecular weight excluding hydrogens is 426 g/mol. The maximum atomic E-state index is 13.3. The Morgan fingerprint density at radius 3 is 2.44 bits per heavy atom. The first-order valence-electron chi connectivity index (χ1n) is 11.3. The van der Waals surface area contributed by atoms with E-state index in [4.69, 9.17) is 16.3 Å². The van der Waals surface area contributed by atoms with Gasteiger partial charge in [-0.1, -0.05) is 42.6 Å². The van der Waals surface area contributed by atoms with Gasteiger partial charge in [-0.25, -0.2) is 0 Å². The van der Waals surface area contributed by atoms with Gasteiger partial charge in [-0.3, -0.25) is 14.5 Å². The van der Waals surface area contributed by atoms with E-state index in [0.29, 0.717) is 48.4 Å². The molecule has 2 fully saturated rings. The maximum Gasteiger partial charge on any atom is 0.257 e. The van der Waals surface area contributed by atoms with Crippen molar-refractivity contribution in [3.05, 3.63) is 59.1 Å². The van der Waals surface area contributed by atoms with Gasteiger partial charge in [0, 0.05) is 36.9 Å². The second-order valence-corrected chi connectivity index (χ2v) is 8.95. The molecule has 170 valence electrons. The van der Waals surface area contributed by atoms with Crippen molar-refractivity contribution >= 4 is 29.1 Å². The highest BCUT2D eigenvalue weighted by molar-refractivity contribution is 6.30. The highest BCUT2D eigenvalue weighted by atomic mass is 35.5. The van der Waals surface area contributed by atoms with Gasteiger partial charge in [0.25, 0.3) is 5.91 Å². The number of amides is 2. The SMILES string of the molecule is COc1ccccc1C(=O)N1CCN(C(C(=O)Nc2cccc(Cl)c2)C2CCCC2)CC1. The number of para-hydroxylation sites is 1. The Bertz CT molecular complexity index is 953. The highest BCUT2D eigenvalue weighted by Crippen LogP contribution is 2.32. The van der Waals surface area contributed by atoms with Crippen LogP contribution in [0.2, 0.25) is 5.02 Å². The van der Waals surface area contributed by atoms with E-state index in [0.717, 1.165) is 31.4 Å². The fourth-order valence-electron chi connectivity index (χ4n) is 4.93. The topological polar surface area (TPSA) is 61.9 Å². The lowest BCUT2D eigenvalue weighted by molar-refractivity contribution is -0.123. The fourth-order valence-corrected chi connectivity index (χ4v) is 5.12. The number of nitrogens with one attached hydrogen (secondary N) is 1. The van der Waals surface area contributed by atoms with Crippen molar-refractivity contribution in [2.24, 2.45) is 5.92 Å². The molecule has 2 aliphatic rings. The Labute approximate surface area is 194 Å². The van der Waals surface area contributed by atoms with Gasteiger partial charge in [0.1, 0.15) is 5.75 Å². The monoisotopic (exact) mass is 455 g/mol. The van der Waals surface area contributed by atoms with Gasteiger partial charge in [0.2, 0.25) is 5.91 Å². The lowest BCUT2D eigenvalue weighted by Crippen LogP contribution is -2.56. The summed E-state index contributed by atoms with van der Waals surface area (Å²) in [4.78, 5) is 30.5. The third-order valence-corrected chi connectivity index (χ3v) is 6.77. The second kappa shape index (κ2) is 10.4. The van der Waals surface area contributed by atoms with E-state index in [-0.39, 0.29) is 17.9 Å². The van der Waals surface area contributed by atoms with Crippen molar-refractivity contribution in [3.8, 4) is 5.75 Å². The van der Waals surface area contributed by atoms with Crippen LogP contribution in [-0.2, 0) is 4.79 Å². The van der Waals surface area contributed by atoms with Gasteiger partial charge >= 0.3 is 0 Å². The van der Waals surface area contributed by atoms with Gasteiger partial charge in [-0.2, -0.15) is 0 Å². The first kappa shape index (κ1) is 22.6. The molecule has 32 heavy (non-hydrogen) atoms. The van der Waals surface area contributed by atoms with Crippen LogP contribution in [0.15, 0.2) is 48.5 Å². The molecule has 1 aliphatic heterocycles.